The Morgan fingerprint density at radius 2 is 2.05 bits per heavy atom. The molecule has 1 unspecified atom stereocenters. The van der Waals surface area contributed by atoms with E-state index in [1.54, 1.807) is 17.2 Å². The first-order chi connectivity index (χ1) is 10.7. The normalized spacial score (nSPS) is 21.3. The predicted molar refractivity (Wildman–Crippen MR) is 80.6 cm³/mol. The molecule has 2 N–H and O–H groups in total. The molecule has 22 heavy (non-hydrogen) atoms. The van der Waals surface area contributed by atoms with E-state index in [9.17, 15) is 9.59 Å². The number of nitrogens with one attached hydrogen (secondary N) is 2. The lowest BCUT2D eigenvalue weighted by Crippen LogP contribution is -2.34. The summed E-state index contributed by atoms with van der Waals surface area (Å²) in [5.74, 6) is 0.280. The van der Waals surface area contributed by atoms with Crippen LogP contribution in [0.25, 0.3) is 0 Å². The van der Waals surface area contributed by atoms with Crippen molar-refractivity contribution >= 4 is 5.91 Å². The van der Waals surface area contributed by atoms with Crippen LogP contribution in [0.2, 0.25) is 0 Å². The minimum atomic E-state index is -0.273. The first kappa shape index (κ1) is 13.3. The number of aromatic nitrogens is 3. The second kappa shape index (κ2) is 5.12. The van der Waals surface area contributed by atoms with Crippen molar-refractivity contribution in [2.24, 2.45) is 0 Å². The van der Waals surface area contributed by atoms with Crippen molar-refractivity contribution in [3.8, 4) is 0 Å². The first-order valence-corrected chi connectivity index (χ1v) is 7.77. The SMILES string of the molecule is O=C(c1ccc(C2CC2)[nH]c1=O)N1CCCC1c1ccn[nH]1. The molecule has 6 heteroatoms. The number of H-pyrrole nitrogens is 2. The maximum absolute atomic E-state index is 12.7. The highest BCUT2D eigenvalue weighted by Gasteiger charge is 2.33. The van der Waals surface area contributed by atoms with Gasteiger partial charge in [-0.3, -0.25) is 14.7 Å². The second-order valence-corrected chi connectivity index (χ2v) is 6.10. The molecule has 1 aliphatic heterocycles. The fourth-order valence-electron chi connectivity index (χ4n) is 3.23. The molecule has 0 radical (unpaired) electrons. The molecule has 3 heterocycles. The molecule has 114 valence electrons. The van der Waals surface area contributed by atoms with Gasteiger partial charge in [0.2, 0.25) is 0 Å². The molecule has 2 aliphatic rings. The number of hydrogen-bond acceptors (Lipinski definition) is 3. The molecule has 0 bridgehead atoms. The third kappa shape index (κ3) is 2.24. The van der Waals surface area contributed by atoms with Gasteiger partial charge in [0.05, 0.1) is 11.7 Å². The van der Waals surface area contributed by atoms with E-state index in [1.165, 1.54) is 0 Å². The highest BCUT2D eigenvalue weighted by Crippen LogP contribution is 2.38. The van der Waals surface area contributed by atoms with Crippen LogP contribution in [-0.4, -0.2) is 32.5 Å². The molecule has 6 nitrogen and oxygen atoms in total. The number of amides is 1. The Morgan fingerprint density at radius 1 is 1.18 bits per heavy atom. The van der Waals surface area contributed by atoms with Crippen molar-refractivity contribution in [2.45, 2.75) is 37.6 Å². The Bertz CT molecular complexity index is 746. The van der Waals surface area contributed by atoms with Crippen LogP contribution < -0.4 is 5.56 Å². The molecular formula is C16H18N4O2. The van der Waals surface area contributed by atoms with Crippen LogP contribution in [0.1, 0.15) is 59.4 Å². The highest BCUT2D eigenvalue weighted by atomic mass is 16.2. The minimum absolute atomic E-state index is 0.0162. The fourth-order valence-corrected chi connectivity index (χ4v) is 3.23. The summed E-state index contributed by atoms with van der Waals surface area (Å²) in [6.45, 7) is 0.673. The zero-order chi connectivity index (χ0) is 15.1. The monoisotopic (exact) mass is 298 g/mol. The zero-order valence-corrected chi connectivity index (χ0v) is 12.2. The molecule has 4 rings (SSSR count). The van der Waals surface area contributed by atoms with Crippen LogP contribution in [0.15, 0.2) is 29.2 Å². The van der Waals surface area contributed by atoms with Crippen LogP contribution in [0.5, 0.6) is 0 Å². The van der Waals surface area contributed by atoms with Gasteiger partial charge >= 0.3 is 0 Å². The molecule has 0 aromatic carbocycles. The zero-order valence-electron chi connectivity index (χ0n) is 12.2. The van der Waals surface area contributed by atoms with Crippen LogP contribution in [0.4, 0.5) is 0 Å². The van der Waals surface area contributed by atoms with Gasteiger partial charge in [0, 0.05) is 18.4 Å². The molecule has 0 spiro atoms. The maximum Gasteiger partial charge on any atom is 0.261 e. The molecule has 1 saturated carbocycles. The summed E-state index contributed by atoms with van der Waals surface area (Å²) in [5, 5.41) is 6.89. The van der Waals surface area contributed by atoms with E-state index in [1.807, 2.05) is 12.1 Å². The van der Waals surface area contributed by atoms with Gasteiger partial charge in [-0.2, -0.15) is 5.10 Å². The van der Waals surface area contributed by atoms with E-state index in [-0.39, 0.29) is 23.1 Å². The van der Waals surface area contributed by atoms with Gasteiger partial charge in [-0.1, -0.05) is 0 Å². The number of nitrogens with zero attached hydrogens (tertiary/aromatic N) is 2. The molecule has 2 aromatic rings. The average molecular weight is 298 g/mol. The van der Waals surface area contributed by atoms with E-state index >= 15 is 0 Å². The Kier molecular flexibility index (Phi) is 3.10. The number of carbonyl (C=O) groups is 1. The number of likely N-dealkylation sites (tertiary alicyclic amines) is 1. The summed E-state index contributed by atoms with van der Waals surface area (Å²) < 4.78 is 0. The van der Waals surface area contributed by atoms with Gasteiger partial charge in [0.15, 0.2) is 0 Å². The number of rotatable bonds is 3. The summed E-state index contributed by atoms with van der Waals surface area (Å²) in [5.41, 5.74) is 1.84. The molecular weight excluding hydrogens is 280 g/mol. The van der Waals surface area contributed by atoms with Gasteiger partial charge < -0.3 is 9.88 Å². The number of pyridine rings is 1. The summed E-state index contributed by atoms with van der Waals surface area (Å²) in [6, 6.07) is 5.43. The van der Waals surface area contributed by atoms with Gasteiger partial charge in [-0.05, 0) is 49.8 Å². The topological polar surface area (TPSA) is 81.8 Å². The molecule has 2 aromatic heterocycles. The Hall–Kier alpha value is -2.37. The number of carbonyl (C=O) groups excluding carboxylic acids is 1. The van der Waals surface area contributed by atoms with Gasteiger partial charge in [0.1, 0.15) is 5.56 Å². The van der Waals surface area contributed by atoms with E-state index in [0.717, 1.165) is 37.1 Å². The maximum atomic E-state index is 12.7. The second-order valence-electron chi connectivity index (χ2n) is 6.10. The van der Waals surface area contributed by atoms with Crippen molar-refractivity contribution in [2.75, 3.05) is 6.54 Å². The lowest BCUT2D eigenvalue weighted by atomic mass is 10.1. The number of hydrogen-bond donors (Lipinski definition) is 2. The van der Waals surface area contributed by atoms with Crippen molar-refractivity contribution in [3.63, 3.8) is 0 Å². The first-order valence-electron chi connectivity index (χ1n) is 7.77. The predicted octanol–water partition coefficient (Wildman–Crippen LogP) is 1.95. The summed E-state index contributed by atoms with van der Waals surface area (Å²) >= 11 is 0. The minimum Gasteiger partial charge on any atom is -0.330 e. The lowest BCUT2D eigenvalue weighted by Gasteiger charge is -2.23. The van der Waals surface area contributed by atoms with E-state index < -0.39 is 0 Å². The highest BCUT2D eigenvalue weighted by molar-refractivity contribution is 5.94. The third-order valence-electron chi connectivity index (χ3n) is 4.57. The average Bonchev–Trinajstić information content (AvgIpc) is 3.02. The van der Waals surface area contributed by atoms with E-state index in [4.69, 9.17) is 0 Å². The van der Waals surface area contributed by atoms with Crippen LogP contribution >= 0.6 is 0 Å². The van der Waals surface area contributed by atoms with E-state index in [2.05, 4.69) is 15.2 Å². The smallest absolute Gasteiger partial charge is 0.261 e. The standard InChI is InChI=1S/C16H18N4O2/c21-15-11(5-6-12(18-15)10-3-4-10)16(22)20-9-1-2-14(20)13-7-8-17-19-13/h5-8,10,14H,1-4,9H2,(H,17,19)(H,18,21). The van der Waals surface area contributed by atoms with E-state index in [0.29, 0.717) is 12.5 Å². The quantitative estimate of drug-likeness (QED) is 0.908. The molecule has 1 amide bonds. The molecule has 1 saturated heterocycles. The van der Waals surface area contributed by atoms with Crippen LogP contribution in [0, 0.1) is 0 Å². The molecule has 1 aliphatic carbocycles. The summed E-state index contributed by atoms with van der Waals surface area (Å²) in [7, 11) is 0. The van der Waals surface area contributed by atoms with Gasteiger partial charge in [0.25, 0.3) is 11.5 Å². The third-order valence-corrected chi connectivity index (χ3v) is 4.57. The Labute approximate surface area is 127 Å². The Balaban J connectivity index is 1.62. The van der Waals surface area contributed by atoms with Crippen LogP contribution in [0.3, 0.4) is 0 Å². The molecule has 1 atom stereocenters. The summed E-state index contributed by atoms with van der Waals surface area (Å²) in [4.78, 5) is 29.6. The lowest BCUT2D eigenvalue weighted by molar-refractivity contribution is 0.0731. The molecule has 2 fully saturated rings. The fraction of sp³-hybridized carbons (Fsp3) is 0.438. The van der Waals surface area contributed by atoms with Gasteiger partial charge in [-0.25, -0.2) is 0 Å². The Morgan fingerprint density at radius 3 is 2.73 bits per heavy atom. The van der Waals surface area contributed by atoms with Crippen molar-refractivity contribution in [3.05, 3.63) is 51.7 Å². The number of aromatic amines is 2. The van der Waals surface area contributed by atoms with Crippen molar-refractivity contribution in [1.82, 2.24) is 20.1 Å². The van der Waals surface area contributed by atoms with Crippen molar-refractivity contribution < 1.29 is 4.79 Å². The van der Waals surface area contributed by atoms with Crippen LogP contribution in [-0.2, 0) is 0 Å². The van der Waals surface area contributed by atoms with Gasteiger partial charge in [-0.15, -0.1) is 0 Å². The largest absolute Gasteiger partial charge is 0.330 e. The summed E-state index contributed by atoms with van der Waals surface area (Å²) in [6.07, 6.45) is 5.77. The van der Waals surface area contributed by atoms with Crippen molar-refractivity contribution in [1.29, 1.82) is 0 Å².